The Morgan fingerprint density at radius 1 is 1.28 bits per heavy atom. The standard InChI is InChI=1S/C16H28N2/c1-12-6-7-13(2)15(10-12)16(4,5)11-18-9-8-14(3)17/h6-7,10,14,18H,8-9,11,17H2,1-5H3. The van der Waals surface area contributed by atoms with E-state index in [1.165, 1.54) is 16.7 Å². The lowest BCUT2D eigenvalue weighted by atomic mass is 9.81. The van der Waals surface area contributed by atoms with Crippen LogP contribution in [0.4, 0.5) is 0 Å². The molecule has 102 valence electrons. The number of hydrogen-bond acceptors (Lipinski definition) is 2. The van der Waals surface area contributed by atoms with E-state index in [2.05, 4.69) is 58.1 Å². The molecule has 0 heterocycles. The number of rotatable bonds is 6. The molecule has 1 atom stereocenters. The lowest BCUT2D eigenvalue weighted by molar-refractivity contribution is 0.456. The molecule has 3 N–H and O–H groups in total. The van der Waals surface area contributed by atoms with E-state index in [1.54, 1.807) is 0 Å². The van der Waals surface area contributed by atoms with E-state index < -0.39 is 0 Å². The van der Waals surface area contributed by atoms with Crippen LogP contribution in [0.5, 0.6) is 0 Å². The predicted molar refractivity (Wildman–Crippen MR) is 80.1 cm³/mol. The van der Waals surface area contributed by atoms with Crippen LogP contribution in [0, 0.1) is 13.8 Å². The Balaban J connectivity index is 2.64. The minimum Gasteiger partial charge on any atom is -0.328 e. The van der Waals surface area contributed by atoms with Gasteiger partial charge in [-0.3, -0.25) is 0 Å². The first-order valence-corrected chi connectivity index (χ1v) is 6.87. The first kappa shape index (κ1) is 15.2. The first-order valence-electron chi connectivity index (χ1n) is 6.87. The van der Waals surface area contributed by atoms with Crippen LogP contribution in [0.2, 0.25) is 0 Å². The van der Waals surface area contributed by atoms with Crippen molar-refractivity contribution in [1.29, 1.82) is 0 Å². The van der Waals surface area contributed by atoms with E-state index >= 15 is 0 Å². The molecule has 0 aliphatic rings. The van der Waals surface area contributed by atoms with Crippen LogP contribution in [0.15, 0.2) is 18.2 Å². The number of nitrogens with one attached hydrogen (secondary N) is 1. The molecule has 0 fully saturated rings. The topological polar surface area (TPSA) is 38.0 Å². The van der Waals surface area contributed by atoms with Crippen LogP contribution in [-0.2, 0) is 5.41 Å². The van der Waals surface area contributed by atoms with E-state index in [4.69, 9.17) is 5.73 Å². The van der Waals surface area contributed by atoms with Gasteiger partial charge in [-0.15, -0.1) is 0 Å². The van der Waals surface area contributed by atoms with E-state index in [0.29, 0.717) is 0 Å². The summed E-state index contributed by atoms with van der Waals surface area (Å²) >= 11 is 0. The molecular formula is C16H28N2. The van der Waals surface area contributed by atoms with Gasteiger partial charge in [0.05, 0.1) is 0 Å². The van der Waals surface area contributed by atoms with E-state index in [9.17, 15) is 0 Å². The maximum absolute atomic E-state index is 5.76. The van der Waals surface area contributed by atoms with Crippen LogP contribution in [0.3, 0.4) is 0 Å². The summed E-state index contributed by atoms with van der Waals surface area (Å²) in [6, 6.07) is 6.98. The molecule has 1 aromatic rings. The van der Waals surface area contributed by atoms with Crippen LogP contribution in [-0.4, -0.2) is 19.1 Å². The van der Waals surface area contributed by atoms with Crippen LogP contribution >= 0.6 is 0 Å². The maximum atomic E-state index is 5.76. The van der Waals surface area contributed by atoms with E-state index in [-0.39, 0.29) is 11.5 Å². The minimum atomic E-state index is 0.161. The highest BCUT2D eigenvalue weighted by atomic mass is 14.9. The van der Waals surface area contributed by atoms with Crippen molar-refractivity contribution in [3.8, 4) is 0 Å². The van der Waals surface area contributed by atoms with Gasteiger partial charge >= 0.3 is 0 Å². The molecule has 1 rings (SSSR count). The van der Waals surface area contributed by atoms with Gasteiger partial charge in [0, 0.05) is 18.0 Å². The SMILES string of the molecule is Cc1ccc(C)c(C(C)(C)CNCCC(C)N)c1. The zero-order valence-corrected chi connectivity index (χ0v) is 12.5. The molecule has 0 saturated heterocycles. The highest BCUT2D eigenvalue weighted by Gasteiger charge is 2.22. The second-order valence-corrected chi connectivity index (χ2v) is 6.14. The summed E-state index contributed by atoms with van der Waals surface area (Å²) in [5, 5.41) is 3.52. The van der Waals surface area contributed by atoms with Crippen molar-refractivity contribution in [3.05, 3.63) is 34.9 Å². The van der Waals surface area contributed by atoms with Crippen molar-refractivity contribution in [1.82, 2.24) is 5.32 Å². The van der Waals surface area contributed by atoms with Gasteiger partial charge in [-0.2, -0.15) is 0 Å². The van der Waals surface area contributed by atoms with E-state index in [1.807, 2.05) is 0 Å². The fourth-order valence-electron chi connectivity index (χ4n) is 2.29. The summed E-state index contributed by atoms with van der Waals surface area (Å²) in [4.78, 5) is 0. The van der Waals surface area contributed by atoms with Gasteiger partial charge in [-0.25, -0.2) is 0 Å². The lowest BCUT2D eigenvalue weighted by Gasteiger charge is -2.28. The third kappa shape index (κ3) is 4.43. The molecule has 0 aromatic heterocycles. The number of aryl methyl sites for hydroxylation is 2. The Morgan fingerprint density at radius 3 is 2.56 bits per heavy atom. The smallest absolute Gasteiger partial charge is 0.00432 e. The van der Waals surface area contributed by atoms with Crippen molar-refractivity contribution in [3.63, 3.8) is 0 Å². The molecule has 0 saturated carbocycles. The summed E-state index contributed by atoms with van der Waals surface area (Å²) in [6.07, 6.45) is 1.03. The van der Waals surface area contributed by atoms with Crippen LogP contribution < -0.4 is 11.1 Å². The molecule has 0 bridgehead atoms. The fourth-order valence-corrected chi connectivity index (χ4v) is 2.29. The Kier molecular flexibility index (Phi) is 5.36. The molecule has 0 radical (unpaired) electrons. The fraction of sp³-hybridized carbons (Fsp3) is 0.625. The molecule has 2 heteroatoms. The van der Waals surface area contributed by atoms with Crippen LogP contribution in [0.25, 0.3) is 0 Å². The highest BCUT2D eigenvalue weighted by Crippen LogP contribution is 2.26. The Labute approximate surface area is 112 Å². The molecule has 1 aromatic carbocycles. The van der Waals surface area contributed by atoms with Gasteiger partial charge in [-0.05, 0) is 44.9 Å². The van der Waals surface area contributed by atoms with Crippen molar-refractivity contribution in [2.45, 2.75) is 52.5 Å². The number of nitrogens with two attached hydrogens (primary N) is 1. The van der Waals surface area contributed by atoms with Crippen molar-refractivity contribution in [2.75, 3.05) is 13.1 Å². The molecule has 0 spiro atoms. The quantitative estimate of drug-likeness (QED) is 0.760. The zero-order chi connectivity index (χ0) is 13.8. The third-order valence-corrected chi connectivity index (χ3v) is 3.47. The largest absolute Gasteiger partial charge is 0.328 e. The Morgan fingerprint density at radius 2 is 1.94 bits per heavy atom. The molecule has 1 unspecified atom stereocenters. The minimum absolute atomic E-state index is 0.161. The summed E-state index contributed by atoms with van der Waals surface area (Å²) in [7, 11) is 0. The molecule has 0 amide bonds. The van der Waals surface area contributed by atoms with E-state index in [0.717, 1.165) is 19.5 Å². The summed E-state index contributed by atoms with van der Waals surface area (Å²) < 4.78 is 0. The maximum Gasteiger partial charge on any atom is 0.00432 e. The summed E-state index contributed by atoms with van der Waals surface area (Å²) in [5.41, 5.74) is 10.1. The third-order valence-electron chi connectivity index (χ3n) is 3.47. The number of benzene rings is 1. The van der Waals surface area contributed by atoms with Crippen molar-refractivity contribution >= 4 is 0 Å². The second-order valence-electron chi connectivity index (χ2n) is 6.14. The van der Waals surface area contributed by atoms with Gasteiger partial charge in [0.1, 0.15) is 0 Å². The molecule has 18 heavy (non-hydrogen) atoms. The first-order chi connectivity index (χ1) is 8.33. The number of hydrogen-bond donors (Lipinski definition) is 2. The molecular weight excluding hydrogens is 220 g/mol. The molecule has 0 aliphatic heterocycles. The zero-order valence-electron chi connectivity index (χ0n) is 12.5. The van der Waals surface area contributed by atoms with Gasteiger partial charge < -0.3 is 11.1 Å². The van der Waals surface area contributed by atoms with Crippen molar-refractivity contribution in [2.24, 2.45) is 5.73 Å². The Hall–Kier alpha value is -0.860. The predicted octanol–water partition coefficient (Wildman–Crippen LogP) is 2.91. The second kappa shape index (κ2) is 6.35. The lowest BCUT2D eigenvalue weighted by Crippen LogP contribution is -2.35. The normalized spacial score (nSPS) is 13.7. The van der Waals surface area contributed by atoms with Crippen molar-refractivity contribution < 1.29 is 0 Å². The Bertz CT molecular complexity index is 381. The van der Waals surface area contributed by atoms with Gasteiger partial charge in [0.2, 0.25) is 0 Å². The average molecular weight is 248 g/mol. The van der Waals surface area contributed by atoms with Gasteiger partial charge in [0.15, 0.2) is 0 Å². The molecule has 2 nitrogen and oxygen atoms in total. The summed E-state index contributed by atoms with van der Waals surface area (Å²) in [6.45, 7) is 13.0. The van der Waals surface area contributed by atoms with Gasteiger partial charge in [-0.1, -0.05) is 37.6 Å². The van der Waals surface area contributed by atoms with Crippen LogP contribution in [0.1, 0.15) is 43.9 Å². The van der Waals surface area contributed by atoms with Gasteiger partial charge in [0.25, 0.3) is 0 Å². The molecule has 0 aliphatic carbocycles. The monoisotopic (exact) mass is 248 g/mol. The highest BCUT2D eigenvalue weighted by molar-refractivity contribution is 5.36. The summed E-state index contributed by atoms with van der Waals surface area (Å²) in [5.74, 6) is 0. The average Bonchev–Trinajstić information content (AvgIpc) is 2.27.